The summed E-state index contributed by atoms with van der Waals surface area (Å²) in [6, 6.07) is 0. The number of piperidine rings is 1. The van der Waals surface area contributed by atoms with Gasteiger partial charge >= 0.3 is 0 Å². The van der Waals surface area contributed by atoms with Gasteiger partial charge in [0.2, 0.25) is 5.91 Å². The van der Waals surface area contributed by atoms with Crippen LogP contribution in [-0.2, 0) is 4.79 Å². The molecule has 0 aliphatic carbocycles. The van der Waals surface area contributed by atoms with Crippen molar-refractivity contribution in [3.05, 3.63) is 0 Å². The summed E-state index contributed by atoms with van der Waals surface area (Å²) in [6.45, 7) is 8.79. The van der Waals surface area contributed by atoms with Gasteiger partial charge in [0.25, 0.3) is 0 Å². The molecule has 1 fully saturated rings. The minimum atomic E-state index is -0.345. The zero-order chi connectivity index (χ0) is 13.6. The Morgan fingerprint density at radius 2 is 1.89 bits per heavy atom. The van der Waals surface area contributed by atoms with Crippen LogP contribution >= 0.6 is 0 Å². The molecule has 1 aliphatic heterocycles. The highest BCUT2D eigenvalue weighted by Gasteiger charge is 2.20. The van der Waals surface area contributed by atoms with E-state index in [9.17, 15) is 4.79 Å². The molecule has 1 amide bonds. The molecule has 0 radical (unpaired) electrons. The fourth-order valence-electron chi connectivity index (χ4n) is 1.83. The van der Waals surface area contributed by atoms with Gasteiger partial charge in [0.05, 0.1) is 6.54 Å². The third kappa shape index (κ3) is 4.94. The van der Waals surface area contributed by atoms with Crippen molar-refractivity contribution in [1.29, 1.82) is 0 Å². The molecule has 1 heterocycles. The summed E-state index contributed by atoms with van der Waals surface area (Å²) >= 11 is 0. The number of carbonyl (C=O) groups is 1. The Morgan fingerprint density at radius 3 is 2.44 bits per heavy atom. The molecule has 0 spiro atoms. The molecule has 1 rings (SSSR count). The Balaban J connectivity index is 2.25. The van der Waals surface area contributed by atoms with Crippen LogP contribution in [0.5, 0.6) is 0 Å². The fourth-order valence-corrected chi connectivity index (χ4v) is 1.83. The Morgan fingerprint density at radius 1 is 1.28 bits per heavy atom. The molecule has 3 N–H and O–H groups in total. The minimum absolute atomic E-state index is 0.0502. The largest absolute Gasteiger partial charge is 0.370 e. The van der Waals surface area contributed by atoms with Crippen molar-refractivity contribution in [3.63, 3.8) is 0 Å². The number of nitrogens with one attached hydrogen (secondary N) is 1. The first kappa shape index (κ1) is 14.8. The van der Waals surface area contributed by atoms with Crippen molar-refractivity contribution < 1.29 is 4.79 Å². The van der Waals surface area contributed by atoms with E-state index in [1.54, 1.807) is 0 Å². The highest BCUT2D eigenvalue weighted by atomic mass is 16.2. The monoisotopic (exact) mass is 254 g/mol. The van der Waals surface area contributed by atoms with Crippen molar-refractivity contribution in [2.24, 2.45) is 16.1 Å². The van der Waals surface area contributed by atoms with E-state index in [4.69, 9.17) is 5.73 Å². The van der Waals surface area contributed by atoms with Crippen molar-refractivity contribution >= 4 is 11.9 Å². The second kappa shape index (κ2) is 6.61. The van der Waals surface area contributed by atoms with E-state index in [0.29, 0.717) is 19.0 Å². The number of aliphatic imine (C=N–C) groups is 1. The first-order valence-corrected chi connectivity index (χ1v) is 6.74. The molecule has 0 aromatic carbocycles. The third-order valence-electron chi connectivity index (χ3n) is 3.03. The smallest absolute Gasteiger partial charge is 0.225 e. The van der Waals surface area contributed by atoms with Gasteiger partial charge in [-0.2, -0.15) is 0 Å². The number of nitrogens with zero attached hydrogens (tertiary/aromatic N) is 2. The van der Waals surface area contributed by atoms with E-state index >= 15 is 0 Å². The predicted molar refractivity (Wildman–Crippen MR) is 74.4 cm³/mol. The summed E-state index contributed by atoms with van der Waals surface area (Å²) in [5.74, 6) is 0.661. The van der Waals surface area contributed by atoms with Gasteiger partial charge in [0.1, 0.15) is 0 Å². The Bertz CT molecular complexity index is 301. The predicted octanol–water partition coefficient (Wildman–Crippen LogP) is 0.949. The highest BCUT2D eigenvalue weighted by molar-refractivity contribution is 5.81. The number of likely N-dealkylation sites (tertiary alicyclic amines) is 1. The summed E-state index contributed by atoms with van der Waals surface area (Å²) < 4.78 is 0. The summed E-state index contributed by atoms with van der Waals surface area (Å²) in [7, 11) is 0. The summed E-state index contributed by atoms with van der Waals surface area (Å²) in [5.41, 5.74) is 5.57. The first-order chi connectivity index (χ1) is 8.41. The molecule has 5 heteroatoms. The molecule has 0 unspecified atom stereocenters. The molecular weight excluding hydrogens is 228 g/mol. The van der Waals surface area contributed by atoms with Crippen LogP contribution in [0.1, 0.15) is 40.0 Å². The van der Waals surface area contributed by atoms with Gasteiger partial charge in [0.15, 0.2) is 5.96 Å². The Kier molecular flexibility index (Phi) is 5.44. The quantitative estimate of drug-likeness (QED) is 0.447. The molecule has 1 aliphatic rings. The molecule has 1 saturated heterocycles. The number of amides is 1. The number of rotatable bonds is 3. The topological polar surface area (TPSA) is 70.7 Å². The van der Waals surface area contributed by atoms with Crippen LogP contribution in [0.2, 0.25) is 0 Å². The van der Waals surface area contributed by atoms with Gasteiger partial charge in [-0.1, -0.05) is 20.8 Å². The van der Waals surface area contributed by atoms with Crippen LogP contribution in [0, 0.1) is 5.41 Å². The molecule has 0 aromatic heterocycles. The third-order valence-corrected chi connectivity index (χ3v) is 3.03. The van der Waals surface area contributed by atoms with Crippen LogP contribution in [0.4, 0.5) is 0 Å². The number of hydrogen-bond donors (Lipinski definition) is 2. The van der Waals surface area contributed by atoms with Crippen LogP contribution in [-0.4, -0.2) is 42.9 Å². The average molecular weight is 254 g/mol. The van der Waals surface area contributed by atoms with Crippen LogP contribution in [0.25, 0.3) is 0 Å². The lowest BCUT2D eigenvalue weighted by Crippen LogP contribution is -2.41. The lowest BCUT2D eigenvalue weighted by Gasteiger charge is -2.27. The lowest BCUT2D eigenvalue weighted by atomic mass is 9.96. The van der Waals surface area contributed by atoms with Gasteiger partial charge in [-0.15, -0.1) is 0 Å². The number of carbonyl (C=O) groups excluding carboxylic acids is 1. The van der Waals surface area contributed by atoms with Crippen LogP contribution in [0.3, 0.4) is 0 Å². The van der Waals surface area contributed by atoms with Gasteiger partial charge in [0, 0.05) is 25.0 Å². The maximum Gasteiger partial charge on any atom is 0.225 e. The van der Waals surface area contributed by atoms with Crippen molar-refractivity contribution in [2.75, 3.05) is 26.2 Å². The van der Waals surface area contributed by atoms with Crippen LogP contribution < -0.4 is 11.1 Å². The first-order valence-electron chi connectivity index (χ1n) is 6.74. The zero-order valence-electron chi connectivity index (χ0n) is 11.8. The van der Waals surface area contributed by atoms with E-state index in [1.165, 1.54) is 19.3 Å². The van der Waals surface area contributed by atoms with Crippen molar-refractivity contribution in [1.82, 2.24) is 10.2 Å². The van der Waals surface area contributed by atoms with E-state index in [0.717, 1.165) is 13.1 Å². The fraction of sp³-hybridized carbons (Fsp3) is 0.846. The van der Waals surface area contributed by atoms with Crippen molar-refractivity contribution in [3.8, 4) is 0 Å². The van der Waals surface area contributed by atoms with E-state index in [-0.39, 0.29) is 11.3 Å². The molecule has 18 heavy (non-hydrogen) atoms. The number of hydrogen-bond acceptors (Lipinski definition) is 2. The van der Waals surface area contributed by atoms with Crippen LogP contribution in [0.15, 0.2) is 4.99 Å². The summed E-state index contributed by atoms with van der Waals surface area (Å²) in [5, 5.41) is 2.86. The van der Waals surface area contributed by atoms with E-state index < -0.39 is 0 Å². The molecule has 0 atom stereocenters. The normalized spacial score (nSPS) is 17.7. The Hall–Kier alpha value is -1.26. The second-order valence-electron chi connectivity index (χ2n) is 5.79. The van der Waals surface area contributed by atoms with Gasteiger partial charge in [-0.3, -0.25) is 9.79 Å². The number of guanidine groups is 1. The molecule has 0 saturated carbocycles. The SMILES string of the molecule is CC(C)(C)C(=O)NCCN=C(N)N1CCCCC1. The van der Waals surface area contributed by atoms with Crippen molar-refractivity contribution in [2.45, 2.75) is 40.0 Å². The highest BCUT2D eigenvalue weighted by Crippen LogP contribution is 2.12. The standard InChI is InChI=1S/C13H26N4O/c1-13(2,3)11(18)15-7-8-16-12(14)17-9-5-4-6-10-17/h4-10H2,1-3H3,(H2,14,16)(H,15,18). The van der Waals surface area contributed by atoms with E-state index in [2.05, 4.69) is 15.2 Å². The van der Waals surface area contributed by atoms with Gasteiger partial charge < -0.3 is 16.0 Å². The molecule has 0 bridgehead atoms. The van der Waals surface area contributed by atoms with Gasteiger partial charge in [-0.05, 0) is 19.3 Å². The summed E-state index contributed by atoms with van der Waals surface area (Å²) in [4.78, 5) is 18.0. The minimum Gasteiger partial charge on any atom is -0.370 e. The maximum absolute atomic E-state index is 11.6. The average Bonchev–Trinajstić information content (AvgIpc) is 2.34. The number of nitrogens with two attached hydrogens (primary N) is 1. The zero-order valence-corrected chi connectivity index (χ0v) is 11.8. The molecule has 5 nitrogen and oxygen atoms in total. The summed E-state index contributed by atoms with van der Waals surface area (Å²) in [6.07, 6.45) is 3.67. The molecule has 0 aromatic rings. The second-order valence-corrected chi connectivity index (χ2v) is 5.79. The maximum atomic E-state index is 11.6. The lowest BCUT2D eigenvalue weighted by molar-refractivity contribution is -0.128. The Labute approximate surface area is 110 Å². The van der Waals surface area contributed by atoms with Gasteiger partial charge in [-0.25, -0.2) is 0 Å². The molecule has 104 valence electrons. The van der Waals surface area contributed by atoms with E-state index in [1.807, 2.05) is 20.8 Å². The molecular formula is C13H26N4O.